The molecule has 0 atom stereocenters. The molecule has 2 aromatic rings. The van der Waals surface area contributed by atoms with Crippen molar-refractivity contribution in [3.63, 3.8) is 0 Å². The third-order valence-electron chi connectivity index (χ3n) is 6.88. The van der Waals surface area contributed by atoms with Crippen molar-refractivity contribution in [1.82, 2.24) is 9.47 Å². The molecule has 2 fully saturated rings. The van der Waals surface area contributed by atoms with E-state index in [-0.39, 0.29) is 17.0 Å². The SMILES string of the molecule is CCCCN1C(=O)C(=Cc2c(C)c(C#N)c(=O)n(CCC)c2N2CCN(c3ccccc3)CC2)SC1=S. The van der Waals surface area contributed by atoms with Gasteiger partial charge in [0.25, 0.3) is 11.5 Å². The van der Waals surface area contributed by atoms with Gasteiger partial charge in [0.15, 0.2) is 0 Å². The lowest BCUT2D eigenvalue weighted by Crippen LogP contribution is -2.48. The third-order valence-corrected chi connectivity index (χ3v) is 8.26. The minimum absolute atomic E-state index is 0.102. The Hall–Kier alpha value is -3.09. The fourth-order valence-electron chi connectivity index (χ4n) is 4.87. The van der Waals surface area contributed by atoms with Crippen LogP contribution >= 0.6 is 24.0 Å². The Balaban J connectivity index is 1.77. The molecule has 0 unspecified atom stereocenters. The standard InChI is InChI=1S/C28H33N5O2S2/c1-4-6-13-33-27(35)24(37-28(33)36)18-22-20(3)23(19-29)26(34)32(12-5-2)25(22)31-16-14-30(15-17-31)21-10-8-7-9-11-21/h7-11,18H,4-6,12-17H2,1-3H3. The zero-order chi connectivity index (χ0) is 26.5. The molecule has 194 valence electrons. The van der Waals surface area contributed by atoms with E-state index < -0.39 is 0 Å². The van der Waals surface area contributed by atoms with Crippen molar-refractivity contribution in [2.45, 2.75) is 46.6 Å². The van der Waals surface area contributed by atoms with Crippen LogP contribution in [-0.4, -0.2) is 52.4 Å². The summed E-state index contributed by atoms with van der Waals surface area (Å²) in [6.45, 7) is 10.1. The molecule has 2 aliphatic heterocycles. The van der Waals surface area contributed by atoms with Crippen molar-refractivity contribution in [3.05, 3.63) is 62.3 Å². The molecule has 1 amide bonds. The molecular weight excluding hydrogens is 502 g/mol. The maximum atomic E-state index is 13.4. The highest BCUT2D eigenvalue weighted by Gasteiger charge is 2.33. The topological polar surface area (TPSA) is 72.6 Å². The number of amides is 1. The first-order valence-electron chi connectivity index (χ1n) is 12.9. The van der Waals surface area contributed by atoms with Crippen LogP contribution in [0.5, 0.6) is 0 Å². The summed E-state index contributed by atoms with van der Waals surface area (Å²) in [5.74, 6) is 0.685. The van der Waals surface area contributed by atoms with Gasteiger partial charge < -0.3 is 9.80 Å². The van der Waals surface area contributed by atoms with Crippen LogP contribution in [-0.2, 0) is 11.3 Å². The lowest BCUT2D eigenvalue weighted by atomic mass is 10.0. The Bertz CT molecular complexity index is 1300. The number of hydrogen-bond acceptors (Lipinski definition) is 7. The largest absolute Gasteiger partial charge is 0.368 e. The predicted molar refractivity (Wildman–Crippen MR) is 156 cm³/mol. The van der Waals surface area contributed by atoms with Gasteiger partial charge in [0.1, 0.15) is 21.8 Å². The monoisotopic (exact) mass is 535 g/mol. The lowest BCUT2D eigenvalue weighted by Gasteiger charge is -2.39. The van der Waals surface area contributed by atoms with E-state index in [0.717, 1.165) is 56.8 Å². The number of rotatable bonds is 8. The van der Waals surface area contributed by atoms with Gasteiger partial charge in [-0.25, -0.2) is 0 Å². The summed E-state index contributed by atoms with van der Waals surface area (Å²) in [4.78, 5) is 33.4. The quantitative estimate of drug-likeness (QED) is 0.356. The van der Waals surface area contributed by atoms with Gasteiger partial charge in [-0.3, -0.25) is 19.1 Å². The number of anilines is 2. The van der Waals surface area contributed by atoms with Crippen molar-refractivity contribution < 1.29 is 4.79 Å². The molecule has 1 aromatic heterocycles. The van der Waals surface area contributed by atoms with Gasteiger partial charge in [0.05, 0.1) is 4.91 Å². The average molecular weight is 536 g/mol. The van der Waals surface area contributed by atoms with Crippen molar-refractivity contribution in [2.75, 3.05) is 42.5 Å². The number of pyridine rings is 1. The first kappa shape index (κ1) is 27.0. The van der Waals surface area contributed by atoms with E-state index in [1.807, 2.05) is 38.1 Å². The second-order valence-corrected chi connectivity index (χ2v) is 11.0. The van der Waals surface area contributed by atoms with E-state index in [1.54, 1.807) is 9.47 Å². The Morgan fingerprint density at radius 3 is 2.32 bits per heavy atom. The van der Waals surface area contributed by atoms with Crippen LogP contribution < -0.4 is 15.4 Å². The second-order valence-electron chi connectivity index (χ2n) is 9.30. The van der Waals surface area contributed by atoms with Crippen LogP contribution in [0.25, 0.3) is 6.08 Å². The van der Waals surface area contributed by atoms with Gasteiger partial charge in [-0.15, -0.1) is 0 Å². The number of benzene rings is 1. The summed E-state index contributed by atoms with van der Waals surface area (Å²) in [6.07, 6.45) is 4.47. The molecule has 0 bridgehead atoms. The predicted octanol–water partition coefficient (Wildman–Crippen LogP) is 4.77. The molecule has 0 saturated carbocycles. The number of unbranched alkanes of at least 4 members (excludes halogenated alkanes) is 1. The van der Waals surface area contributed by atoms with Crippen molar-refractivity contribution in [3.8, 4) is 6.07 Å². The number of nitrogens with zero attached hydrogens (tertiary/aromatic N) is 5. The van der Waals surface area contributed by atoms with E-state index in [2.05, 4.69) is 34.9 Å². The molecule has 0 N–H and O–H groups in total. The fourth-order valence-corrected chi connectivity index (χ4v) is 6.16. The maximum Gasteiger partial charge on any atom is 0.270 e. The maximum absolute atomic E-state index is 13.4. The molecule has 0 spiro atoms. The van der Waals surface area contributed by atoms with Crippen molar-refractivity contribution in [1.29, 1.82) is 5.26 Å². The van der Waals surface area contributed by atoms with E-state index in [0.29, 0.717) is 27.9 Å². The molecule has 9 heteroatoms. The van der Waals surface area contributed by atoms with E-state index in [9.17, 15) is 14.9 Å². The van der Waals surface area contributed by atoms with Gasteiger partial charge >= 0.3 is 0 Å². The lowest BCUT2D eigenvalue weighted by molar-refractivity contribution is -0.122. The highest BCUT2D eigenvalue weighted by molar-refractivity contribution is 8.26. The first-order valence-corrected chi connectivity index (χ1v) is 14.1. The molecule has 2 saturated heterocycles. The first-order chi connectivity index (χ1) is 17.9. The molecule has 37 heavy (non-hydrogen) atoms. The minimum Gasteiger partial charge on any atom is -0.368 e. The summed E-state index contributed by atoms with van der Waals surface area (Å²) >= 11 is 6.81. The van der Waals surface area contributed by atoms with Crippen LogP contribution in [0.2, 0.25) is 0 Å². The summed E-state index contributed by atoms with van der Waals surface area (Å²) in [5.41, 5.74) is 2.41. The highest BCUT2D eigenvalue weighted by Crippen LogP contribution is 2.36. The summed E-state index contributed by atoms with van der Waals surface area (Å²) in [6, 6.07) is 12.4. The number of thiocarbonyl (C=S) groups is 1. The summed E-state index contributed by atoms with van der Waals surface area (Å²) in [7, 11) is 0. The molecular formula is C28H33N5O2S2. The second kappa shape index (κ2) is 12.0. The van der Waals surface area contributed by atoms with Crippen LogP contribution in [0.15, 0.2) is 40.0 Å². The summed E-state index contributed by atoms with van der Waals surface area (Å²) in [5, 5.41) is 9.87. The number of piperazine rings is 1. The van der Waals surface area contributed by atoms with Gasteiger partial charge in [-0.05, 0) is 43.5 Å². The number of para-hydroxylation sites is 1. The fraction of sp³-hybridized carbons (Fsp3) is 0.429. The zero-order valence-electron chi connectivity index (χ0n) is 21.7. The number of hydrogen-bond donors (Lipinski definition) is 0. The zero-order valence-corrected chi connectivity index (χ0v) is 23.3. The van der Waals surface area contributed by atoms with Gasteiger partial charge in [-0.1, -0.05) is 62.4 Å². The molecule has 2 aliphatic rings. The van der Waals surface area contributed by atoms with Crippen LogP contribution in [0.1, 0.15) is 49.8 Å². The number of carbonyl (C=O) groups excluding carboxylic acids is 1. The normalized spacial score (nSPS) is 17.1. The van der Waals surface area contributed by atoms with Crippen LogP contribution in [0, 0.1) is 18.3 Å². The van der Waals surface area contributed by atoms with Crippen LogP contribution in [0.3, 0.4) is 0 Å². The van der Waals surface area contributed by atoms with Gasteiger partial charge in [0, 0.05) is 50.5 Å². The molecule has 3 heterocycles. The Kier molecular flexibility index (Phi) is 8.72. The average Bonchev–Trinajstić information content (AvgIpc) is 3.18. The van der Waals surface area contributed by atoms with E-state index in [1.165, 1.54) is 17.4 Å². The third kappa shape index (κ3) is 5.46. The molecule has 0 aliphatic carbocycles. The number of thioether (sulfide) groups is 1. The molecule has 0 radical (unpaired) electrons. The highest BCUT2D eigenvalue weighted by atomic mass is 32.2. The summed E-state index contributed by atoms with van der Waals surface area (Å²) < 4.78 is 2.29. The van der Waals surface area contributed by atoms with Crippen molar-refractivity contribution >= 4 is 51.8 Å². The Morgan fingerprint density at radius 1 is 1.03 bits per heavy atom. The number of aromatic nitrogens is 1. The number of carbonyl (C=O) groups is 1. The smallest absolute Gasteiger partial charge is 0.270 e. The van der Waals surface area contributed by atoms with Gasteiger partial charge in [-0.2, -0.15) is 5.26 Å². The molecule has 4 rings (SSSR count). The molecule has 1 aromatic carbocycles. The Labute approximate surface area is 228 Å². The Morgan fingerprint density at radius 2 is 1.70 bits per heavy atom. The molecule has 7 nitrogen and oxygen atoms in total. The van der Waals surface area contributed by atoms with Gasteiger partial charge in [0.2, 0.25) is 0 Å². The van der Waals surface area contributed by atoms with E-state index in [4.69, 9.17) is 12.2 Å². The van der Waals surface area contributed by atoms with Crippen LogP contribution in [0.4, 0.5) is 11.5 Å². The van der Waals surface area contributed by atoms with Crippen molar-refractivity contribution in [2.24, 2.45) is 0 Å². The number of nitriles is 1. The minimum atomic E-state index is -0.269. The van der Waals surface area contributed by atoms with E-state index >= 15 is 0 Å².